The fourth-order valence-electron chi connectivity index (χ4n) is 3.79. The molecule has 0 bridgehead atoms. The summed E-state index contributed by atoms with van der Waals surface area (Å²) < 4.78 is 10.7. The van der Waals surface area contributed by atoms with Crippen molar-refractivity contribution in [1.29, 1.82) is 0 Å². The molecule has 6 nitrogen and oxygen atoms in total. The van der Waals surface area contributed by atoms with Gasteiger partial charge in [0.2, 0.25) is 0 Å². The van der Waals surface area contributed by atoms with E-state index in [-0.39, 0.29) is 11.3 Å². The smallest absolute Gasteiger partial charge is 0.300 e. The molecule has 0 radical (unpaired) electrons. The van der Waals surface area contributed by atoms with Crippen LogP contribution in [-0.2, 0) is 9.59 Å². The Morgan fingerprint density at radius 1 is 0.906 bits per heavy atom. The van der Waals surface area contributed by atoms with E-state index >= 15 is 0 Å². The van der Waals surface area contributed by atoms with E-state index in [2.05, 4.69) is 0 Å². The Balaban J connectivity index is 1.96. The van der Waals surface area contributed by atoms with Crippen LogP contribution in [0.4, 0.5) is 5.69 Å². The normalized spacial score (nSPS) is 17.5. The first kappa shape index (κ1) is 21.5. The Labute approximate surface area is 190 Å². The molecular weight excluding hydrogens is 430 g/mol. The minimum atomic E-state index is -0.868. The number of ether oxygens (including phenoxy) is 2. The maximum Gasteiger partial charge on any atom is 0.300 e. The summed E-state index contributed by atoms with van der Waals surface area (Å²) in [4.78, 5) is 27.6. The number of halogens is 1. The predicted molar refractivity (Wildman–Crippen MR) is 122 cm³/mol. The summed E-state index contributed by atoms with van der Waals surface area (Å²) >= 11 is 5.96. The number of benzene rings is 3. The number of ketones is 1. The van der Waals surface area contributed by atoms with E-state index in [1.54, 1.807) is 66.7 Å². The van der Waals surface area contributed by atoms with E-state index in [1.165, 1.54) is 19.1 Å². The highest BCUT2D eigenvalue weighted by Crippen LogP contribution is 2.44. The molecular formula is C25H20ClNO5. The topological polar surface area (TPSA) is 76.1 Å². The molecule has 1 saturated heterocycles. The molecule has 7 heteroatoms. The molecule has 3 aromatic rings. The first-order valence-electron chi connectivity index (χ1n) is 9.80. The second-order valence-electron chi connectivity index (χ2n) is 7.13. The standard InChI is InChI=1S/C25H20ClNO5/c1-31-19-13-10-16(14-20(19)32-2)22-21(23(28)15-8-11-17(26)12-9-15)24(29)25(30)27(22)18-6-4-3-5-7-18/h3-14,22,28H,1-2H3/b23-21+. The largest absolute Gasteiger partial charge is 0.507 e. The Hall–Kier alpha value is -3.77. The molecule has 1 aliphatic rings. The lowest BCUT2D eigenvalue weighted by Crippen LogP contribution is -2.29. The van der Waals surface area contributed by atoms with Crippen molar-refractivity contribution >= 4 is 34.7 Å². The van der Waals surface area contributed by atoms with Gasteiger partial charge < -0.3 is 14.6 Å². The molecule has 1 heterocycles. The Bertz CT molecular complexity index is 1200. The summed E-state index contributed by atoms with van der Waals surface area (Å²) in [6.07, 6.45) is 0. The number of nitrogens with zero attached hydrogens (tertiary/aromatic N) is 1. The summed E-state index contributed by atoms with van der Waals surface area (Å²) in [6.45, 7) is 0. The van der Waals surface area contributed by atoms with E-state index in [9.17, 15) is 14.7 Å². The average molecular weight is 450 g/mol. The Kier molecular flexibility index (Phi) is 5.88. The zero-order chi connectivity index (χ0) is 22.8. The molecule has 0 saturated carbocycles. The van der Waals surface area contributed by atoms with Gasteiger partial charge in [-0.2, -0.15) is 0 Å². The van der Waals surface area contributed by atoms with Crippen molar-refractivity contribution in [3.8, 4) is 11.5 Å². The van der Waals surface area contributed by atoms with Gasteiger partial charge in [-0.3, -0.25) is 14.5 Å². The zero-order valence-electron chi connectivity index (χ0n) is 17.4. The molecule has 1 unspecified atom stereocenters. The van der Waals surface area contributed by atoms with Gasteiger partial charge in [-0.05, 0) is 54.1 Å². The minimum Gasteiger partial charge on any atom is -0.507 e. The van der Waals surface area contributed by atoms with Gasteiger partial charge in [0.25, 0.3) is 11.7 Å². The van der Waals surface area contributed by atoms with E-state index in [0.717, 1.165) is 0 Å². The molecule has 1 amide bonds. The van der Waals surface area contributed by atoms with Crippen LogP contribution in [0.2, 0.25) is 5.02 Å². The first-order valence-corrected chi connectivity index (χ1v) is 10.2. The van der Waals surface area contributed by atoms with E-state index in [4.69, 9.17) is 21.1 Å². The fourth-order valence-corrected chi connectivity index (χ4v) is 3.91. The molecule has 3 aromatic carbocycles. The SMILES string of the molecule is COc1ccc(C2/C(=C(\O)c3ccc(Cl)cc3)C(=O)C(=O)N2c2ccccc2)cc1OC. The second-order valence-corrected chi connectivity index (χ2v) is 7.56. The van der Waals surface area contributed by atoms with E-state index in [1.807, 2.05) is 6.07 Å². The molecule has 1 atom stereocenters. The maximum atomic E-state index is 13.1. The third-order valence-electron chi connectivity index (χ3n) is 5.32. The van der Waals surface area contributed by atoms with Gasteiger partial charge in [0.05, 0.1) is 25.8 Å². The van der Waals surface area contributed by atoms with Crippen molar-refractivity contribution in [3.63, 3.8) is 0 Å². The Morgan fingerprint density at radius 2 is 1.56 bits per heavy atom. The number of aliphatic hydroxyl groups excluding tert-OH is 1. The molecule has 0 aliphatic carbocycles. The van der Waals surface area contributed by atoms with Crippen molar-refractivity contribution < 1.29 is 24.2 Å². The number of anilines is 1. The summed E-state index contributed by atoms with van der Waals surface area (Å²) in [7, 11) is 3.03. The van der Waals surface area contributed by atoms with Crippen molar-refractivity contribution in [2.75, 3.05) is 19.1 Å². The van der Waals surface area contributed by atoms with Crippen LogP contribution in [-0.4, -0.2) is 31.0 Å². The van der Waals surface area contributed by atoms with Gasteiger partial charge in [0, 0.05) is 16.3 Å². The maximum absolute atomic E-state index is 13.1. The molecule has 0 aromatic heterocycles. The van der Waals surface area contributed by atoms with Crippen molar-refractivity contribution in [2.24, 2.45) is 0 Å². The predicted octanol–water partition coefficient (Wildman–Crippen LogP) is 4.98. The number of hydrogen-bond acceptors (Lipinski definition) is 5. The zero-order valence-corrected chi connectivity index (χ0v) is 18.2. The summed E-state index contributed by atoms with van der Waals surface area (Å²) in [6, 6.07) is 19.5. The summed E-state index contributed by atoms with van der Waals surface area (Å²) in [5.74, 6) is -0.841. The molecule has 32 heavy (non-hydrogen) atoms. The monoisotopic (exact) mass is 449 g/mol. The molecule has 1 aliphatic heterocycles. The summed E-state index contributed by atoms with van der Waals surface area (Å²) in [5.41, 5.74) is 1.48. The molecule has 162 valence electrons. The van der Waals surface area contributed by atoms with Crippen LogP contribution in [0.1, 0.15) is 17.2 Å². The Morgan fingerprint density at radius 3 is 2.19 bits per heavy atom. The molecule has 1 N–H and O–H groups in total. The third kappa shape index (κ3) is 3.69. The van der Waals surface area contributed by atoms with Crippen LogP contribution >= 0.6 is 11.6 Å². The van der Waals surface area contributed by atoms with Crippen molar-refractivity contribution in [1.82, 2.24) is 0 Å². The van der Waals surface area contributed by atoms with Gasteiger partial charge in [-0.1, -0.05) is 35.9 Å². The van der Waals surface area contributed by atoms with Crippen molar-refractivity contribution in [2.45, 2.75) is 6.04 Å². The number of methoxy groups -OCH3 is 2. The van der Waals surface area contributed by atoms with Gasteiger partial charge >= 0.3 is 0 Å². The van der Waals surface area contributed by atoms with Crippen LogP contribution in [0.3, 0.4) is 0 Å². The average Bonchev–Trinajstić information content (AvgIpc) is 3.09. The lowest BCUT2D eigenvalue weighted by atomic mass is 9.94. The van der Waals surface area contributed by atoms with E-state index in [0.29, 0.717) is 33.3 Å². The van der Waals surface area contributed by atoms with Gasteiger partial charge in [-0.25, -0.2) is 0 Å². The van der Waals surface area contributed by atoms with Gasteiger partial charge in [0.1, 0.15) is 5.76 Å². The van der Waals surface area contributed by atoms with Crippen LogP contribution in [0, 0.1) is 0 Å². The van der Waals surface area contributed by atoms with E-state index < -0.39 is 17.7 Å². The quantitative estimate of drug-likeness (QED) is 0.337. The van der Waals surface area contributed by atoms with Crippen molar-refractivity contribution in [3.05, 3.63) is 94.5 Å². The lowest BCUT2D eigenvalue weighted by Gasteiger charge is -2.26. The highest BCUT2D eigenvalue weighted by atomic mass is 35.5. The van der Waals surface area contributed by atoms with Crippen LogP contribution in [0.15, 0.2) is 78.4 Å². The molecule has 4 rings (SSSR count). The number of Topliss-reactive ketones (excluding diaryl/α,β-unsaturated/α-hetero) is 1. The summed E-state index contributed by atoms with van der Waals surface area (Å²) in [5, 5.41) is 11.6. The van der Waals surface area contributed by atoms with Crippen LogP contribution in [0.5, 0.6) is 11.5 Å². The highest BCUT2D eigenvalue weighted by molar-refractivity contribution is 6.51. The van der Waals surface area contributed by atoms with Crippen LogP contribution < -0.4 is 14.4 Å². The number of carbonyl (C=O) groups excluding carboxylic acids is 2. The van der Waals surface area contributed by atoms with Gasteiger partial charge in [-0.15, -0.1) is 0 Å². The first-order chi connectivity index (χ1) is 15.5. The lowest BCUT2D eigenvalue weighted by molar-refractivity contribution is -0.132. The number of hydrogen-bond donors (Lipinski definition) is 1. The molecule has 1 fully saturated rings. The molecule has 0 spiro atoms. The number of rotatable bonds is 5. The minimum absolute atomic E-state index is 0.0200. The third-order valence-corrected chi connectivity index (χ3v) is 5.57. The second kappa shape index (κ2) is 8.77. The number of aliphatic hydroxyl groups is 1. The number of amides is 1. The van der Waals surface area contributed by atoms with Gasteiger partial charge in [0.15, 0.2) is 11.5 Å². The van der Waals surface area contributed by atoms with Crippen LogP contribution in [0.25, 0.3) is 5.76 Å². The number of carbonyl (C=O) groups is 2. The fraction of sp³-hybridized carbons (Fsp3) is 0.120. The highest BCUT2D eigenvalue weighted by Gasteiger charge is 2.47. The number of para-hydroxylation sites is 1.